The third-order valence-electron chi connectivity index (χ3n) is 3.32. The molecule has 0 aliphatic carbocycles. The van der Waals surface area contributed by atoms with Gasteiger partial charge in [-0.15, -0.1) is 0 Å². The van der Waals surface area contributed by atoms with Crippen LogP contribution in [0.3, 0.4) is 0 Å². The number of benzene rings is 1. The zero-order valence-electron chi connectivity index (χ0n) is 13.2. The number of nitrogens with zero attached hydrogens (tertiary/aromatic N) is 1. The Hall–Kier alpha value is -2.05. The van der Waals surface area contributed by atoms with Gasteiger partial charge in [0.05, 0.1) is 17.8 Å². The van der Waals surface area contributed by atoms with Gasteiger partial charge in [-0.05, 0) is 18.6 Å². The second kappa shape index (κ2) is 8.55. The molecule has 23 heavy (non-hydrogen) atoms. The number of halogens is 3. The number of rotatable bonds is 7. The summed E-state index contributed by atoms with van der Waals surface area (Å²) in [5.74, 6) is -0.922. The summed E-state index contributed by atoms with van der Waals surface area (Å²) < 4.78 is 38.6. The van der Waals surface area contributed by atoms with Crippen LogP contribution < -0.4 is 5.32 Å². The van der Waals surface area contributed by atoms with E-state index in [1.165, 1.54) is 30.0 Å². The summed E-state index contributed by atoms with van der Waals surface area (Å²) in [7, 11) is 0. The Kier molecular flexibility index (Phi) is 7.06. The van der Waals surface area contributed by atoms with E-state index in [2.05, 4.69) is 5.32 Å². The molecule has 1 aromatic rings. The van der Waals surface area contributed by atoms with Gasteiger partial charge in [0.25, 0.3) is 0 Å². The van der Waals surface area contributed by atoms with Crippen LogP contribution in [0.25, 0.3) is 0 Å². The van der Waals surface area contributed by atoms with Crippen molar-refractivity contribution in [2.75, 3.05) is 18.4 Å². The number of unbranched alkanes of at least 4 members (excludes halogenated alkanes) is 2. The van der Waals surface area contributed by atoms with Crippen LogP contribution in [0.1, 0.15) is 38.7 Å². The molecule has 0 heterocycles. The van der Waals surface area contributed by atoms with Crippen molar-refractivity contribution in [1.29, 1.82) is 0 Å². The summed E-state index contributed by atoms with van der Waals surface area (Å²) in [6, 6.07) is 4.76. The topological polar surface area (TPSA) is 49.4 Å². The molecule has 2 amide bonds. The van der Waals surface area contributed by atoms with Crippen LogP contribution >= 0.6 is 0 Å². The minimum absolute atomic E-state index is 0.259. The number of nitrogens with one attached hydrogen (secondary N) is 1. The van der Waals surface area contributed by atoms with Crippen molar-refractivity contribution in [2.45, 2.75) is 39.3 Å². The maximum absolute atomic E-state index is 12.9. The molecule has 0 aliphatic heterocycles. The standard InChI is InChI=1S/C16H21F3N2O2/c1-3-4-7-10-21(12(2)22)11-15(23)20-14-9-6-5-8-13(14)16(17,18)19/h5-6,8-9H,3-4,7,10-11H2,1-2H3,(H,20,23). The number of hydrogen-bond acceptors (Lipinski definition) is 2. The molecular formula is C16H21F3N2O2. The van der Waals surface area contributed by atoms with E-state index in [4.69, 9.17) is 0 Å². The molecule has 0 bridgehead atoms. The van der Waals surface area contributed by atoms with Crippen molar-refractivity contribution in [3.05, 3.63) is 29.8 Å². The molecule has 0 atom stereocenters. The number of alkyl halides is 3. The molecule has 0 saturated heterocycles. The van der Waals surface area contributed by atoms with Gasteiger partial charge in [0, 0.05) is 13.5 Å². The van der Waals surface area contributed by atoms with E-state index >= 15 is 0 Å². The Labute approximate surface area is 133 Å². The van der Waals surface area contributed by atoms with E-state index in [9.17, 15) is 22.8 Å². The van der Waals surface area contributed by atoms with E-state index in [1.54, 1.807) is 0 Å². The van der Waals surface area contributed by atoms with Gasteiger partial charge in [-0.25, -0.2) is 0 Å². The first kappa shape index (κ1) is 19.0. The third-order valence-corrected chi connectivity index (χ3v) is 3.32. The average molecular weight is 330 g/mol. The number of para-hydroxylation sites is 1. The lowest BCUT2D eigenvalue weighted by molar-refractivity contribution is -0.137. The average Bonchev–Trinajstić information content (AvgIpc) is 2.45. The first-order chi connectivity index (χ1) is 10.8. The highest BCUT2D eigenvalue weighted by Crippen LogP contribution is 2.34. The van der Waals surface area contributed by atoms with Crippen molar-refractivity contribution >= 4 is 17.5 Å². The van der Waals surface area contributed by atoms with Gasteiger partial charge in [0.2, 0.25) is 11.8 Å². The smallest absolute Gasteiger partial charge is 0.334 e. The van der Waals surface area contributed by atoms with Crippen molar-refractivity contribution in [3.8, 4) is 0 Å². The Morgan fingerprint density at radius 1 is 1.17 bits per heavy atom. The monoisotopic (exact) mass is 330 g/mol. The van der Waals surface area contributed by atoms with E-state index in [0.717, 1.165) is 25.3 Å². The Bertz CT molecular complexity index is 544. The number of carbonyl (C=O) groups excluding carboxylic acids is 2. The maximum Gasteiger partial charge on any atom is 0.418 e. The molecule has 0 unspecified atom stereocenters. The van der Waals surface area contributed by atoms with Crippen LogP contribution in [0.5, 0.6) is 0 Å². The number of hydrogen-bond donors (Lipinski definition) is 1. The van der Waals surface area contributed by atoms with Crippen molar-refractivity contribution in [1.82, 2.24) is 4.90 Å². The van der Waals surface area contributed by atoms with E-state index in [1.807, 2.05) is 6.92 Å². The lowest BCUT2D eigenvalue weighted by Crippen LogP contribution is -2.37. The zero-order valence-corrected chi connectivity index (χ0v) is 13.2. The van der Waals surface area contributed by atoms with Crippen LogP contribution in [0, 0.1) is 0 Å². The van der Waals surface area contributed by atoms with Crippen molar-refractivity contribution in [2.24, 2.45) is 0 Å². The van der Waals surface area contributed by atoms with Crippen molar-refractivity contribution in [3.63, 3.8) is 0 Å². The molecule has 1 aromatic carbocycles. The lowest BCUT2D eigenvalue weighted by Gasteiger charge is -2.21. The molecule has 4 nitrogen and oxygen atoms in total. The summed E-state index contributed by atoms with van der Waals surface area (Å²) in [6.45, 7) is 3.50. The van der Waals surface area contributed by atoms with Crippen LogP contribution in [-0.2, 0) is 15.8 Å². The molecular weight excluding hydrogens is 309 g/mol. The van der Waals surface area contributed by atoms with Crippen molar-refractivity contribution < 1.29 is 22.8 Å². The fraction of sp³-hybridized carbons (Fsp3) is 0.500. The zero-order chi connectivity index (χ0) is 17.5. The van der Waals surface area contributed by atoms with Crippen LogP contribution in [0.15, 0.2) is 24.3 Å². The van der Waals surface area contributed by atoms with E-state index in [0.29, 0.717) is 6.54 Å². The highest BCUT2D eigenvalue weighted by atomic mass is 19.4. The number of anilines is 1. The second-order valence-corrected chi connectivity index (χ2v) is 5.24. The minimum Gasteiger partial charge on any atom is -0.334 e. The number of carbonyl (C=O) groups is 2. The second-order valence-electron chi connectivity index (χ2n) is 5.24. The van der Waals surface area contributed by atoms with Gasteiger partial charge in [-0.1, -0.05) is 31.9 Å². The summed E-state index contributed by atoms with van der Waals surface area (Å²) in [5.41, 5.74) is -1.21. The molecule has 0 fully saturated rings. The van der Waals surface area contributed by atoms with Gasteiger partial charge < -0.3 is 10.2 Å². The summed E-state index contributed by atoms with van der Waals surface area (Å²) >= 11 is 0. The first-order valence-electron chi connectivity index (χ1n) is 7.47. The molecule has 1 N–H and O–H groups in total. The normalized spacial score (nSPS) is 11.2. The van der Waals surface area contributed by atoms with E-state index in [-0.39, 0.29) is 18.1 Å². The van der Waals surface area contributed by atoms with Crippen LogP contribution in [0.2, 0.25) is 0 Å². The molecule has 1 rings (SSSR count). The third kappa shape index (κ3) is 6.30. The predicted molar refractivity (Wildman–Crippen MR) is 81.9 cm³/mol. The largest absolute Gasteiger partial charge is 0.418 e. The van der Waals surface area contributed by atoms with Gasteiger partial charge in [0.1, 0.15) is 0 Å². The summed E-state index contributed by atoms with van der Waals surface area (Å²) in [6.07, 6.45) is -1.91. The molecule has 0 spiro atoms. The van der Waals surface area contributed by atoms with E-state index < -0.39 is 17.6 Å². The molecule has 0 aliphatic rings. The summed E-state index contributed by atoms with van der Waals surface area (Å²) in [5, 5.41) is 2.24. The SMILES string of the molecule is CCCCCN(CC(=O)Nc1ccccc1C(F)(F)F)C(C)=O. The van der Waals surface area contributed by atoms with Gasteiger partial charge in [0.15, 0.2) is 0 Å². The van der Waals surface area contributed by atoms with Gasteiger partial charge >= 0.3 is 6.18 Å². The Balaban J connectivity index is 2.74. The fourth-order valence-electron chi connectivity index (χ4n) is 2.10. The lowest BCUT2D eigenvalue weighted by atomic mass is 10.1. The fourth-order valence-corrected chi connectivity index (χ4v) is 2.10. The Morgan fingerprint density at radius 3 is 2.39 bits per heavy atom. The van der Waals surface area contributed by atoms with Crippen LogP contribution in [0.4, 0.5) is 18.9 Å². The molecule has 128 valence electrons. The van der Waals surface area contributed by atoms with Gasteiger partial charge in [-0.3, -0.25) is 9.59 Å². The first-order valence-corrected chi connectivity index (χ1v) is 7.47. The quantitative estimate of drug-likeness (QED) is 0.775. The molecule has 7 heteroatoms. The molecule has 0 radical (unpaired) electrons. The highest BCUT2D eigenvalue weighted by molar-refractivity contribution is 5.95. The number of amides is 2. The van der Waals surface area contributed by atoms with Crippen LogP contribution in [-0.4, -0.2) is 29.8 Å². The highest BCUT2D eigenvalue weighted by Gasteiger charge is 2.33. The maximum atomic E-state index is 12.9. The molecule has 0 aromatic heterocycles. The van der Waals surface area contributed by atoms with Gasteiger partial charge in [-0.2, -0.15) is 13.2 Å². The minimum atomic E-state index is -4.55. The predicted octanol–water partition coefficient (Wildman–Crippen LogP) is 3.68. The Morgan fingerprint density at radius 2 is 1.83 bits per heavy atom. The summed E-state index contributed by atoms with van der Waals surface area (Å²) in [4.78, 5) is 24.8. The molecule has 0 saturated carbocycles.